The van der Waals surface area contributed by atoms with E-state index in [2.05, 4.69) is 5.16 Å². The first kappa shape index (κ1) is 13.7. The number of carbonyl (C=O) groups excluding carboxylic acids is 1. The molecule has 1 rings (SSSR count). The van der Waals surface area contributed by atoms with Crippen LogP contribution < -0.4 is 5.73 Å². The summed E-state index contributed by atoms with van der Waals surface area (Å²) >= 11 is 0. The molecule has 1 atom stereocenters. The molecule has 0 bridgehead atoms. The van der Waals surface area contributed by atoms with Crippen molar-refractivity contribution in [1.82, 2.24) is 10.1 Å². The lowest BCUT2D eigenvalue weighted by Crippen LogP contribution is -2.31. The van der Waals surface area contributed by atoms with Crippen molar-refractivity contribution in [2.45, 2.75) is 33.2 Å². The predicted molar refractivity (Wildman–Crippen MR) is 65.2 cm³/mol. The molecule has 17 heavy (non-hydrogen) atoms. The highest BCUT2D eigenvalue weighted by molar-refractivity contribution is 5.78. The molecule has 1 unspecified atom stereocenters. The largest absolute Gasteiger partial charge is 0.361 e. The smallest absolute Gasteiger partial charge is 0.225 e. The second kappa shape index (κ2) is 6.39. The molecule has 0 aliphatic carbocycles. The first-order chi connectivity index (χ1) is 8.04. The van der Waals surface area contributed by atoms with Gasteiger partial charge in [-0.25, -0.2) is 0 Å². The van der Waals surface area contributed by atoms with Gasteiger partial charge in [-0.2, -0.15) is 0 Å². The average molecular weight is 239 g/mol. The third kappa shape index (κ3) is 4.19. The lowest BCUT2D eigenvalue weighted by Gasteiger charge is -2.20. The van der Waals surface area contributed by atoms with Gasteiger partial charge in [0.15, 0.2) is 0 Å². The standard InChI is InChI=1S/C12H21N3O2/c1-9(5-4-6-13)12(16)15(3)8-11-7-10(2)17-14-11/h7,9H,4-6,8,13H2,1-3H3. The zero-order valence-electron chi connectivity index (χ0n) is 10.8. The van der Waals surface area contributed by atoms with Crippen molar-refractivity contribution in [2.75, 3.05) is 13.6 Å². The molecular weight excluding hydrogens is 218 g/mol. The minimum atomic E-state index is 0.0107. The van der Waals surface area contributed by atoms with Crippen molar-refractivity contribution in [2.24, 2.45) is 11.7 Å². The van der Waals surface area contributed by atoms with E-state index < -0.39 is 0 Å². The molecule has 1 aromatic rings. The highest BCUT2D eigenvalue weighted by atomic mass is 16.5. The Morgan fingerprint density at radius 1 is 1.65 bits per heavy atom. The van der Waals surface area contributed by atoms with Crippen LogP contribution >= 0.6 is 0 Å². The number of hydrogen-bond donors (Lipinski definition) is 1. The Morgan fingerprint density at radius 2 is 2.35 bits per heavy atom. The third-order valence-corrected chi connectivity index (χ3v) is 2.71. The summed E-state index contributed by atoms with van der Waals surface area (Å²) in [5.74, 6) is 0.896. The highest BCUT2D eigenvalue weighted by Gasteiger charge is 2.17. The number of aromatic nitrogens is 1. The van der Waals surface area contributed by atoms with Gasteiger partial charge in [-0.05, 0) is 26.3 Å². The molecular formula is C12H21N3O2. The number of carbonyl (C=O) groups is 1. The quantitative estimate of drug-likeness (QED) is 0.812. The van der Waals surface area contributed by atoms with Crippen molar-refractivity contribution < 1.29 is 9.32 Å². The number of rotatable bonds is 6. The minimum Gasteiger partial charge on any atom is -0.361 e. The topological polar surface area (TPSA) is 72.4 Å². The van der Waals surface area contributed by atoms with E-state index in [0.29, 0.717) is 13.1 Å². The molecule has 0 aromatic carbocycles. The monoisotopic (exact) mass is 239 g/mol. The number of nitrogens with zero attached hydrogens (tertiary/aromatic N) is 2. The Morgan fingerprint density at radius 3 is 2.88 bits per heavy atom. The van der Waals surface area contributed by atoms with Gasteiger partial charge < -0.3 is 15.2 Å². The molecule has 0 aliphatic heterocycles. The van der Waals surface area contributed by atoms with Gasteiger partial charge in [-0.1, -0.05) is 12.1 Å². The van der Waals surface area contributed by atoms with Crippen LogP contribution in [0.1, 0.15) is 31.2 Å². The lowest BCUT2D eigenvalue weighted by molar-refractivity contribution is -0.134. The fourth-order valence-electron chi connectivity index (χ4n) is 1.74. The molecule has 0 radical (unpaired) electrons. The van der Waals surface area contributed by atoms with Crippen molar-refractivity contribution >= 4 is 5.91 Å². The van der Waals surface area contributed by atoms with Gasteiger partial charge in [0.2, 0.25) is 5.91 Å². The van der Waals surface area contributed by atoms with E-state index >= 15 is 0 Å². The Kier molecular flexibility index (Phi) is 5.15. The second-order valence-electron chi connectivity index (χ2n) is 4.46. The molecule has 0 saturated heterocycles. The van der Waals surface area contributed by atoms with Crippen LogP contribution in [0.2, 0.25) is 0 Å². The maximum Gasteiger partial charge on any atom is 0.225 e. The van der Waals surface area contributed by atoms with E-state index in [1.54, 1.807) is 11.9 Å². The summed E-state index contributed by atoms with van der Waals surface area (Å²) in [6, 6.07) is 1.84. The van der Waals surface area contributed by atoms with Gasteiger partial charge in [0.1, 0.15) is 11.5 Å². The van der Waals surface area contributed by atoms with Crippen molar-refractivity contribution in [3.05, 3.63) is 17.5 Å². The number of amides is 1. The molecule has 1 aromatic heterocycles. The zero-order chi connectivity index (χ0) is 12.8. The van der Waals surface area contributed by atoms with Gasteiger partial charge in [0.05, 0.1) is 6.54 Å². The van der Waals surface area contributed by atoms with Crippen LogP contribution in [0.15, 0.2) is 10.6 Å². The molecule has 0 aliphatic rings. The molecule has 0 fully saturated rings. The molecule has 96 valence electrons. The predicted octanol–water partition coefficient (Wildman–Crippen LogP) is 1.32. The summed E-state index contributed by atoms with van der Waals surface area (Å²) in [6.07, 6.45) is 1.71. The lowest BCUT2D eigenvalue weighted by atomic mass is 10.0. The number of hydrogen-bond acceptors (Lipinski definition) is 4. The van der Waals surface area contributed by atoms with E-state index in [0.717, 1.165) is 24.3 Å². The highest BCUT2D eigenvalue weighted by Crippen LogP contribution is 2.11. The molecule has 0 spiro atoms. The maximum absolute atomic E-state index is 12.0. The van der Waals surface area contributed by atoms with E-state index in [1.807, 2.05) is 19.9 Å². The Labute approximate surface area is 102 Å². The van der Waals surface area contributed by atoms with Crippen LogP contribution in [-0.4, -0.2) is 29.6 Å². The zero-order valence-corrected chi connectivity index (χ0v) is 10.8. The first-order valence-corrected chi connectivity index (χ1v) is 5.91. The van der Waals surface area contributed by atoms with E-state index in [9.17, 15) is 4.79 Å². The van der Waals surface area contributed by atoms with E-state index in [4.69, 9.17) is 10.3 Å². The van der Waals surface area contributed by atoms with Crippen LogP contribution in [0.3, 0.4) is 0 Å². The molecule has 5 nitrogen and oxygen atoms in total. The van der Waals surface area contributed by atoms with E-state index in [1.165, 1.54) is 0 Å². The molecule has 2 N–H and O–H groups in total. The van der Waals surface area contributed by atoms with Crippen molar-refractivity contribution in [3.8, 4) is 0 Å². The van der Waals surface area contributed by atoms with Crippen molar-refractivity contribution in [3.63, 3.8) is 0 Å². The SMILES string of the molecule is Cc1cc(CN(C)C(=O)C(C)CCCN)no1. The maximum atomic E-state index is 12.0. The van der Waals surface area contributed by atoms with Crippen LogP contribution in [0.25, 0.3) is 0 Å². The Bertz CT molecular complexity index is 362. The van der Waals surface area contributed by atoms with Gasteiger partial charge >= 0.3 is 0 Å². The minimum absolute atomic E-state index is 0.0107. The molecule has 5 heteroatoms. The summed E-state index contributed by atoms with van der Waals surface area (Å²) in [4.78, 5) is 13.7. The van der Waals surface area contributed by atoms with Crippen LogP contribution in [0, 0.1) is 12.8 Å². The first-order valence-electron chi connectivity index (χ1n) is 5.91. The Balaban J connectivity index is 2.46. The fourth-order valence-corrected chi connectivity index (χ4v) is 1.74. The fraction of sp³-hybridized carbons (Fsp3) is 0.667. The van der Waals surface area contributed by atoms with Gasteiger partial charge in [0.25, 0.3) is 0 Å². The number of nitrogens with two attached hydrogens (primary N) is 1. The van der Waals surface area contributed by atoms with Crippen LogP contribution in [0.5, 0.6) is 0 Å². The summed E-state index contributed by atoms with van der Waals surface area (Å²) in [7, 11) is 1.78. The normalized spacial score (nSPS) is 12.5. The molecule has 1 heterocycles. The summed E-state index contributed by atoms with van der Waals surface area (Å²) in [5.41, 5.74) is 6.21. The molecule has 1 amide bonds. The summed E-state index contributed by atoms with van der Waals surface area (Å²) < 4.78 is 4.97. The number of aryl methyl sites for hydroxylation is 1. The van der Waals surface area contributed by atoms with Gasteiger partial charge in [-0.15, -0.1) is 0 Å². The second-order valence-corrected chi connectivity index (χ2v) is 4.46. The average Bonchev–Trinajstić information content (AvgIpc) is 2.70. The summed E-state index contributed by atoms with van der Waals surface area (Å²) in [5, 5.41) is 3.87. The Hall–Kier alpha value is -1.36. The summed E-state index contributed by atoms with van der Waals surface area (Å²) in [6.45, 7) is 4.89. The van der Waals surface area contributed by atoms with Gasteiger partial charge in [0, 0.05) is 19.0 Å². The third-order valence-electron chi connectivity index (χ3n) is 2.71. The van der Waals surface area contributed by atoms with E-state index in [-0.39, 0.29) is 11.8 Å². The van der Waals surface area contributed by atoms with Crippen LogP contribution in [-0.2, 0) is 11.3 Å². The van der Waals surface area contributed by atoms with Crippen molar-refractivity contribution in [1.29, 1.82) is 0 Å². The van der Waals surface area contributed by atoms with Gasteiger partial charge in [-0.3, -0.25) is 4.79 Å². The van der Waals surface area contributed by atoms with Crippen LogP contribution in [0.4, 0.5) is 0 Å². The molecule has 0 saturated carbocycles.